The molecular formula is C19H26N2O3. The number of amides is 2. The summed E-state index contributed by atoms with van der Waals surface area (Å²) in [6, 6.07) is 0. The van der Waals surface area contributed by atoms with Crippen LogP contribution in [0.25, 0.3) is 0 Å². The fraction of sp³-hybridized carbons (Fsp3) is 0.632. The Kier molecular flexibility index (Phi) is 4.37. The first-order valence-electron chi connectivity index (χ1n) is 8.82. The van der Waals surface area contributed by atoms with Crippen molar-refractivity contribution in [2.75, 3.05) is 6.54 Å². The van der Waals surface area contributed by atoms with Gasteiger partial charge in [-0.05, 0) is 50.5 Å². The molecule has 0 aromatic carbocycles. The van der Waals surface area contributed by atoms with E-state index < -0.39 is 0 Å². The molecule has 4 atom stereocenters. The Labute approximate surface area is 142 Å². The number of allylic oxidation sites excluding steroid dienone is 3. The lowest BCUT2D eigenvalue weighted by Crippen LogP contribution is -2.48. The third-order valence-corrected chi connectivity index (χ3v) is 6.32. The Morgan fingerprint density at radius 2 is 2.12 bits per heavy atom. The van der Waals surface area contributed by atoms with Gasteiger partial charge in [0.05, 0.1) is 0 Å². The van der Waals surface area contributed by atoms with Crippen LogP contribution >= 0.6 is 0 Å². The summed E-state index contributed by atoms with van der Waals surface area (Å²) in [5.74, 6) is 0.195. The van der Waals surface area contributed by atoms with Crippen LogP contribution in [0.2, 0.25) is 0 Å². The maximum atomic E-state index is 12.9. The molecule has 5 heteroatoms. The second-order valence-electron chi connectivity index (χ2n) is 7.71. The van der Waals surface area contributed by atoms with Crippen molar-refractivity contribution in [2.45, 2.75) is 46.0 Å². The number of nitrogens with two attached hydrogens (primary N) is 1. The van der Waals surface area contributed by atoms with Crippen molar-refractivity contribution in [3.63, 3.8) is 0 Å². The minimum absolute atomic E-state index is 0.0487. The molecule has 0 saturated heterocycles. The number of ketones is 1. The molecule has 1 aliphatic heterocycles. The molecule has 5 nitrogen and oxygen atoms in total. The van der Waals surface area contributed by atoms with Crippen LogP contribution in [0.5, 0.6) is 0 Å². The van der Waals surface area contributed by atoms with Gasteiger partial charge in [0.1, 0.15) is 0 Å². The first kappa shape index (κ1) is 16.9. The van der Waals surface area contributed by atoms with E-state index in [-0.39, 0.29) is 40.8 Å². The molecular weight excluding hydrogens is 304 g/mol. The van der Waals surface area contributed by atoms with Gasteiger partial charge in [-0.25, -0.2) is 0 Å². The minimum Gasteiger partial charge on any atom is -0.370 e. The summed E-state index contributed by atoms with van der Waals surface area (Å²) in [5, 5.41) is 2.89. The summed E-state index contributed by atoms with van der Waals surface area (Å²) in [7, 11) is 0. The number of primary amides is 1. The lowest BCUT2D eigenvalue weighted by atomic mass is 9.52. The lowest BCUT2D eigenvalue weighted by molar-refractivity contribution is -0.127. The van der Waals surface area contributed by atoms with E-state index in [0.29, 0.717) is 19.4 Å². The summed E-state index contributed by atoms with van der Waals surface area (Å²) < 4.78 is 0. The third-order valence-electron chi connectivity index (χ3n) is 6.32. The zero-order valence-corrected chi connectivity index (χ0v) is 14.4. The van der Waals surface area contributed by atoms with E-state index in [1.165, 1.54) is 0 Å². The topological polar surface area (TPSA) is 89.3 Å². The molecule has 3 N–H and O–H groups in total. The molecule has 130 valence electrons. The molecule has 24 heavy (non-hydrogen) atoms. The highest BCUT2D eigenvalue weighted by atomic mass is 16.2. The van der Waals surface area contributed by atoms with Gasteiger partial charge in [0.15, 0.2) is 5.78 Å². The van der Waals surface area contributed by atoms with Crippen LogP contribution < -0.4 is 11.1 Å². The molecule has 3 rings (SSSR count). The lowest BCUT2D eigenvalue weighted by Gasteiger charge is -2.51. The SMILES string of the molecule is CC1=CC(=O)C2C(CCC3=CC(=O)NCCC32C)C1CCC(N)=O. The molecule has 0 aromatic rings. The molecule has 0 aromatic heterocycles. The van der Waals surface area contributed by atoms with E-state index in [0.717, 1.165) is 30.4 Å². The van der Waals surface area contributed by atoms with Gasteiger partial charge in [-0.15, -0.1) is 0 Å². The minimum atomic E-state index is -0.289. The van der Waals surface area contributed by atoms with E-state index in [1.54, 1.807) is 12.2 Å². The van der Waals surface area contributed by atoms with E-state index in [4.69, 9.17) is 5.73 Å². The second kappa shape index (κ2) is 6.19. The Hall–Kier alpha value is -1.91. The maximum absolute atomic E-state index is 12.9. The van der Waals surface area contributed by atoms with E-state index in [1.807, 2.05) is 6.92 Å². The highest BCUT2D eigenvalue weighted by molar-refractivity contribution is 5.95. The molecule has 0 bridgehead atoms. The molecule has 4 unspecified atom stereocenters. The number of fused-ring (bicyclic) bond motifs is 3. The number of hydrogen-bond acceptors (Lipinski definition) is 3. The van der Waals surface area contributed by atoms with Crippen molar-refractivity contribution >= 4 is 17.6 Å². The molecule has 2 aliphatic carbocycles. The van der Waals surface area contributed by atoms with Gasteiger partial charge in [0.25, 0.3) is 0 Å². The van der Waals surface area contributed by atoms with Crippen molar-refractivity contribution in [2.24, 2.45) is 28.9 Å². The van der Waals surface area contributed by atoms with Crippen LogP contribution in [-0.4, -0.2) is 24.1 Å². The maximum Gasteiger partial charge on any atom is 0.243 e. The van der Waals surface area contributed by atoms with Crippen LogP contribution in [0.4, 0.5) is 0 Å². The van der Waals surface area contributed by atoms with Gasteiger partial charge in [-0.3, -0.25) is 14.4 Å². The van der Waals surface area contributed by atoms with Crippen molar-refractivity contribution in [3.05, 3.63) is 23.3 Å². The number of hydrogen-bond donors (Lipinski definition) is 2. The van der Waals surface area contributed by atoms with Crippen LogP contribution in [0.3, 0.4) is 0 Å². The highest BCUT2D eigenvalue weighted by Gasteiger charge is 2.52. The molecule has 1 saturated carbocycles. The molecule has 2 amide bonds. The molecule has 0 radical (unpaired) electrons. The van der Waals surface area contributed by atoms with Crippen molar-refractivity contribution < 1.29 is 14.4 Å². The first-order chi connectivity index (χ1) is 11.3. The summed E-state index contributed by atoms with van der Waals surface area (Å²) in [5.41, 5.74) is 7.24. The highest BCUT2D eigenvalue weighted by Crippen LogP contribution is 2.56. The van der Waals surface area contributed by atoms with Crippen LogP contribution in [0.15, 0.2) is 23.3 Å². The normalized spacial score (nSPS) is 35.8. The predicted molar refractivity (Wildman–Crippen MR) is 90.7 cm³/mol. The predicted octanol–water partition coefficient (Wildman–Crippen LogP) is 1.88. The van der Waals surface area contributed by atoms with Crippen molar-refractivity contribution in [1.82, 2.24) is 5.32 Å². The number of carbonyl (C=O) groups excluding carboxylic acids is 3. The smallest absolute Gasteiger partial charge is 0.243 e. The monoisotopic (exact) mass is 330 g/mol. The number of carbonyl (C=O) groups is 3. The summed E-state index contributed by atoms with van der Waals surface area (Å²) in [6.07, 6.45) is 7.05. The van der Waals surface area contributed by atoms with E-state index >= 15 is 0 Å². The zero-order chi connectivity index (χ0) is 17.5. The third kappa shape index (κ3) is 2.80. The number of nitrogens with one attached hydrogen (secondary N) is 1. The summed E-state index contributed by atoms with van der Waals surface area (Å²) >= 11 is 0. The van der Waals surface area contributed by atoms with Crippen LogP contribution in [0.1, 0.15) is 46.0 Å². The van der Waals surface area contributed by atoms with Crippen molar-refractivity contribution in [3.8, 4) is 0 Å². The fourth-order valence-corrected chi connectivity index (χ4v) is 5.11. The molecule has 0 spiro atoms. The average molecular weight is 330 g/mol. The van der Waals surface area contributed by atoms with E-state index in [2.05, 4.69) is 12.2 Å². The van der Waals surface area contributed by atoms with Gasteiger partial charge in [-0.1, -0.05) is 18.1 Å². The quantitative estimate of drug-likeness (QED) is 0.828. The molecule has 1 heterocycles. The Morgan fingerprint density at radius 3 is 2.83 bits per heavy atom. The van der Waals surface area contributed by atoms with Gasteiger partial charge in [0, 0.05) is 30.4 Å². The van der Waals surface area contributed by atoms with Gasteiger partial charge in [-0.2, -0.15) is 0 Å². The number of rotatable bonds is 3. The Balaban J connectivity index is 1.97. The summed E-state index contributed by atoms with van der Waals surface area (Å²) in [4.78, 5) is 36.0. The Bertz CT molecular complexity index is 649. The van der Waals surface area contributed by atoms with Gasteiger partial charge >= 0.3 is 0 Å². The molecule has 3 aliphatic rings. The van der Waals surface area contributed by atoms with Crippen LogP contribution in [0, 0.1) is 23.2 Å². The van der Waals surface area contributed by atoms with Gasteiger partial charge in [0.2, 0.25) is 11.8 Å². The second-order valence-corrected chi connectivity index (χ2v) is 7.71. The standard InChI is InChI=1S/C19H26N2O3/c1-11-9-15(22)18-14(13(11)5-6-16(20)23)4-3-12-10-17(24)21-8-7-19(12,18)2/h9-10,13-14,18H,3-8H2,1-2H3,(H2,20,23)(H,21,24). The zero-order valence-electron chi connectivity index (χ0n) is 14.4. The summed E-state index contributed by atoms with van der Waals surface area (Å²) in [6.45, 7) is 4.72. The van der Waals surface area contributed by atoms with Crippen LogP contribution in [-0.2, 0) is 14.4 Å². The van der Waals surface area contributed by atoms with Gasteiger partial charge < -0.3 is 11.1 Å². The molecule has 1 fully saturated rings. The first-order valence-corrected chi connectivity index (χ1v) is 8.82. The Morgan fingerprint density at radius 1 is 1.38 bits per heavy atom. The fourth-order valence-electron chi connectivity index (χ4n) is 5.11. The van der Waals surface area contributed by atoms with E-state index in [9.17, 15) is 14.4 Å². The largest absolute Gasteiger partial charge is 0.370 e. The average Bonchev–Trinajstić information content (AvgIpc) is 2.63. The van der Waals surface area contributed by atoms with Crippen molar-refractivity contribution in [1.29, 1.82) is 0 Å².